The van der Waals surface area contributed by atoms with Crippen LogP contribution in [0.15, 0.2) is 42.5 Å². The van der Waals surface area contributed by atoms with Crippen LogP contribution in [0, 0.1) is 5.82 Å². The summed E-state index contributed by atoms with van der Waals surface area (Å²) in [7, 11) is 0. The van der Waals surface area contributed by atoms with E-state index in [0.29, 0.717) is 50.8 Å². The van der Waals surface area contributed by atoms with Crippen molar-refractivity contribution in [1.82, 2.24) is 19.7 Å². The highest BCUT2D eigenvalue weighted by atomic mass is 35.5. The third-order valence-corrected chi connectivity index (χ3v) is 6.39. The Balaban J connectivity index is 1.70. The first-order valence-electron chi connectivity index (χ1n) is 10.5. The summed E-state index contributed by atoms with van der Waals surface area (Å²) in [5, 5.41) is 9.15. The summed E-state index contributed by atoms with van der Waals surface area (Å²) in [6.07, 6.45) is 5.73. The molecule has 6 nitrogen and oxygen atoms in total. The average Bonchev–Trinajstić information content (AvgIpc) is 3.12. The Morgan fingerprint density at radius 1 is 1.00 bits per heavy atom. The van der Waals surface area contributed by atoms with Gasteiger partial charge in [0.1, 0.15) is 11.6 Å². The van der Waals surface area contributed by atoms with Crippen molar-refractivity contribution in [2.24, 2.45) is 0 Å². The van der Waals surface area contributed by atoms with Gasteiger partial charge in [0.05, 0.1) is 26.8 Å². The molecule has 1 fully saturated rings. The van der Waals surface area contributed by atoms with Crippen molar-refractivity contribution in [3.63, 3.8) is 0 Å². The molecule has 5 rings (SSSR count). The van der Waals surface area contributed by atoms with Crippen LogP contribution in [0.25, 0.3) is 28.0 Å². The van der Waals surface area contributed by atoms with Crippen LogP contribution < -0.4 is 11.1 Å². The van der Waals surface area contributed by atoms with Crippen molar-refractivity contribution >= 4 is 46.0 Å². The minimum absolute atomic E-state index is 0.00752. The van der Waals surface area contributed by atoms with Gasteiger partial charge >= 0.3 is 0 Å². The monoisotopic (exact) mass is 470 g/mol. The van der Waals surface area contributed by atoms with Gasteiger partial charge in [-0.2, -0.15) is 4.98 Å². The van der Waals surface area contributed by atoms with Gasteiger partial charge in [0.25, 0.3) is 0 Å². The number of benzene rings is 2. The van der Waals surface area contributed by atoms with Crippen LogP contribution in [0.1, 0.15) is 32.1 Å². The van der Waals surface area contributed by atoms with E-state index >= 15 is 0 Å². The zero-order valence-corrected chi connectivity index (χ0v) is 18.7. The van der Waals surface area contributed by atoms with Gasteiger partial charge in [0.2, 0.25) is 5.95 Å². The lowest BCUT2D eigenvalue weighted by atomic mass is 9.96. The van der Waals surface area contributed by atoms with Gasteiger partial charge in [-0.1, -0.05) is 54.6 Å². The number of nitrogens with zero attached hydrogens (tertiary/aromatic N) is 4. The van der Waals surface area contributed by atoms with Gasteiger partial charge in [-0.05, 0) is 43.2 Å². The first-order valence-corrected chi connectivity index (χ1v) is 11.3. The highest BCUT2D eigenvalue weighted by Gasteiger charge is 2.22. The fraction of sp³-hybridized carbons (Fsp3) is 0.261. The van der Waals surface area contributed by atoms with E-state index in [2.05, 4.69) is 15.4 Å². The van der Waals surface area contributed by atoms with Gasteiger partial charge in [0.15, 0.2) is 5.65 Å². The first-order chi connectivity index (χ1) is 15.5. The SMILES string of the molecule is Nc1c2c(-c3ccc(F)c(Cl)c3)nc(NC3CCCCC3)nc2nn1-c1ccccc1Cl. The maximum Gasteiger partial charge on any atom is 0.225 e. The minimum atomic E-state index is -0.499. The predicted molar refractivity (Wildman–Crippen MR) is 127 cm³/mol. The molecule has 0 spiro atoms. The zero-order valence-electron chi connectivity index (χ0n) is 17.2. The number of halogens is 3. The molecule has 3 N–H and O–H groups in total. The van der Waals surface area contributed by atoms with E-state index in [4.69, 9.17) is 33.9 Å². The molecule has 1 saturated carbocycles. The first kappa shape index (κ1) is 21.0. The maximum atomic E-state index is 13.8. The van der Waals surface area contributed by atoms with E-state index in [1.807, 2.05) is 18.2 Å². The third kappa shape index (κ3) is 3.87. The van der Waals surface area contributed by atoms with Crippen LogP contribution in [-0.4, -0.2) is 25.8 Å². The Kier molecular flexibility index (Phi) is 5.61. The smallest absolute Gasteiger partial charge is 0.225 e. The predicted octanol–water partition coefficient (Wildman–Crippen LogP) is 6.26. The molecule has 0 radical (unpaired) electrons. The molecule has 4 aromatic rings. The van der Waals surface area contributed by atoms with E-state index in [1.165, 1.54) is 31.4 Å². The van der Waals surface area contributed by atoms with E-state index < -0.39 is 5.82 Å². The van der Waals surface area contributed by atoms with Gasteiger partial charge in [-0.25, -0.2) is 14.1 Å². The van der Waals surface area contributed by atoms with Crippen LogP contribution in [0.4, 0.5) is 16.2 Å². The largest absolute Gasteiger partial charge is 0.383 e. The summed E-state index contributed by atoms with van der Waals surface area (Å²) in [4.78, 5) is 9.40. The fourth-order valence-electron chi connectivity index (χ4n) is 4.17. The standard InChI is InChI=1S/C23H21Cl2FN6/c24-15-8-4-5-9-18(15)32-21(27)19-20(13-10-11-17(26)16(25)12-13)29-23(30-22(19)31-32)28-14-6-2-1-3-7-14/h4-5,8-12,14H,1-3,6-7,27H2,(H,28,30,31). The molecular weight excluding hydrogens is 450 g/mol. The molecular formula is C23H21Cl2FN6. The molecule has 1 aliphatic carbocycles. The van der Waals surface area contributed by atoms with Gasteiger partial charge < -0.3 is 11.1 Å². The van der Waals surface area contributed by atoms with E-state index in [-0.39, 0.29) is 5.02 Å². The molecule has 164 valence electrons. The summed E-state index contributed by atoms with van der Waals surface area (Å²) < 4.78 is 15.4. The summed E-state index contributed by atoms with van der Waals surface area (Å²) in [5.41, 5.74) is 8.73. The number of para-hydroxylation sites is 1. The van der Waals surface area contributed by atoms with Gasteiger partial charge in [-0.15, -0.1) is 5.10 Å². The van der Waals surface area contributed by atoms with Crippen LogP contribution in [0.2, 0.25) is 10.0 Å². The summed E-state index contributed by atoms with van der Waals surface area (Å²) in [6, 6.07) is 12.1. The number of nitrogens with two attached hydrogens (primary N) is 1. The lowest BCUT2D eigenvalue weighted by molar-refractivity contribution is 0.461. The number of fused-ring (bicyclic) bond motifs is 1. The molecule has 1 aliphatic rings. The van der Waals surface area contributed by atoms with Crippen LogP contribution in [0.3, 0.4) is 0 Å². The molecule has 0 bridgehead atoms. The Morgan fingerprint density at radius 3 is 2.53 bits per heavy atom. The summed E-state index contributed by atoms with van der Waals surface area (Å²) >= 11 is 12.5. The Bertz CT molecular complexity index is 1300. The molecule has 2 aromatic carbocycles. The number of hydrogen-bond donors (Lipinski definition) is 2. The average molecular weight is 471 g/mol. The number of hydrogen-bond acceptors (Lipinski definition) is 5. The molecule has 0 unspecified atom stereocenters. The lowest BCUT2D eigenvalue weighted by Gasteiger charge is -2.22. The van der Waals surface area contributed by atoms with Crippen LogP contribution in [-0.2, 0) is 0 Å². The van der Waals surface area contributed by atoms with Gasteiger partial charge in [0, 0.05) is 11.6 Å². The van der Waals surface area contributed by atoms with Crippen molar-refractivity contribution in [1.29, 1.82) is 0 Å². The van der Waals surface area contributed by atoms with E-state index in [0.717, 1.165) is 12.8 Å². The van der Waals surface area contributed by atoms with Crippen LogP contribution in [0.5, 0.6) is 0 Å². The maximum absolute atomic E-state index is 13.8. The fourth-order valence-corrected chi connectivity index (χ4v) is 4.56. The molecule has 32 heavy (non-hydrogen) atoms. The minimum Gasteiger partial charge on any atom is -0.383 e. The Hall–Kier alpha value is -2.90. The van der Waals surface area contributed by atoms with Crippen LogP contribution >= 0.6 is 23.2 Å². The zero-order chi connectivity index (χ0) is 22.2. The summed E-state index contributed by atoms with van der Waals surface area (Å²) in [6.45, 7) is 0. The second-order valence-corrected chi connectivity index (χ2v) is 8.77. The highest BCUT2D eigenvalue weighted by Crippen LogP contribution is 2.35. The van der Waals surface area contributed by atoms with Crippen molar-refractivity contribution < 1.29 is 4.39 Å². The number of anilines is 2. The quantitative estimate of drug-likeness (QED) is 0.368. The Morgan fingerprint density at radius 2 is 1.78 bits per heavy atom. The molecule has 9 heteroatoms. The number of nitrogens with one attached hydrogen (secondary N) is 1. The van der Waals surface area contributed by atoms with Crippen molar-refractivity contribution in [3.8, 4) is 16.9 Å². The molecule has 0 amide bonds. The summed E-state index contributed by atoms with van der Waals surface area (Å²) in [5.74, 6) is 0.303. The highest BCUT2D eigenvalue weighted by molar-refractivity contribution is 6.32. The second kappa shape index (κ2) is 8.56. The molecule has 0 atom stereocenters. The molecule has 2 aromatic heterocycles. The van der Waals surface area contributed by atoms with Crippen molar-refractivity contribution in [2.75, 3.05) is 11.1 Å². The van der Waals surface area contributed by atoms with Crippen molar-refractivity contribution in [3.05, 3.63) is 58.3 Å². The van der Waals surface area contributed by atoms with E-state index in [1.54, 1.807) is 16.8 Å². The molecule has 0 aliphatic heterocycles. The van der Waals surface area contributed by atoms with Crippen molar-refractivity contribution in [2.45, 2.75) is 38.1 Å². The van der Waals surface area contributed by atoms with E-state index in [9.17, 15) is 4.39 Å². The van der Waals surface area contributed by atoms with Gasteiger partial charge in [-0.3, -0.25) is 0 Å². The Labute approximate surface area is 194 Å². The topological polar surface area (TPSA) is 81.7 Å². The number of aromatic nitrogens is 4. The molecule has 2 heterocycles. The third-order valence-electron chi connectivity index (χ3n) is 5.78. The number of rotatable bonds is 4. The molecule has 0 saturated heterocycles. The number of nitrogen functional groups attached to an aromatic ring is 1. The lowest BCUT2D eigenvalue weighted by Crippen LogP contribution is -2.23. The second-order valence-electron chi connectivity index (χ2n) is 7.95. The normalized spacial score (nSPS) is 14.7.